The van der Waals surface area contributed by atoms with Gasteiger partial charge in [0.2, 0.25) is 0 Å². The third kappa shape index (κ3) is 2.97. The summed E-state index contributed by atoms with van der Waals surface area (Å²) in [6.07, 6.45) is 0.417. The van der Waals surface area contributed by atoms with Gasteiger partial charge in [-0.15, -0.1) is 0 Å². The number of benzene rings is 2. The van der Waals surface area contributed by atoms with Crippen molar-refractivity contribution in [2.75, 3.05) is 6.61 Å². The monoisotopic (exact) mass is 272 g/mol. The van der Waals surface area contributed by atoms with Crippen molar-refractivity contribution < 1.29 is 20.1 Å². The standard InChI is InChI=1S/C16H16O4/c17-9-8-13(11-4-2-1-3-5-11)14-10-12(16(19)20)6-7-15(14)18/h1-7,10,13,17-18H,8-9H2,(H,19,20)/t13-/m1/s1. The van der Waals surface area contributed by atoms with Crippen LogP contribution in [0.1, 0.15) is 33.8 Å². The summed E-state index contributed by atoms with van der Waals surface area (Å²) >= 11 is 0. The van der Waals surface area contributed by atoms with Gasteiger partial charge in [-0.3, -0.25) is 0 Å². The number of hydrogen-bond acceptors (Lipinski definition) is 3. The van der Waals surface area contributed by atoms with Gasteiger partial charge in [-0.05, 0) is 30.2 Å². The summed E-state index contributed by atoms with van der Waals surface area (Å²) in [5, 5.41) is 28.3. The Bertz CT molecular complexity index is 593. The van der Waals surface area contributed by atoms with E-state index in [0.29, 0.717) is 12.0 Å². The number of aromatic hydroxyl groups is 1. The average Bonchev–Trinajstić information content (AvgIpc) is 2.46. The number of phenolic OH excluding ortho intramolecular Hbond substituents is 1. The maximum atomic E-state index is 11.1. The molecule has 0 heterocycles. The fourth-order valence-corrected chi connectivity index (χ4v) is 2.28. The maximum Gasteiger partial charge on any atom is 0.335 e. The maximum absolute atomic E-state index is 11.1. The highest BCUT2D eigenvalue weighted by Crippen LogP contribution is 2.34. The lowest BCUT2D eigenvalue weighted by Gasteiger charge is -2.18. The van der Waals surface area contributed by atoms with E-state index in [9.17, 15) is 15.0 Å². The lowest BCUT2D eigenvalue weighted by molar-refractivity contribution is 0.0696. The van der Waals surface area contributed by atoms with Crippen molar-refractivity contribution in [2.24, 2.45) is 0 Å². The van der Waals surface area contributed by atoms with Crippen LogP contribution in [-0.2, 0) is 0 Å². The first-order chi connectivity index (χ1) is 9.63. The number of carboxylic acids is 1. The number of aliphatic hydroxyl groups excluding tert-OH is 1. The van der Waals surface area contributed by atoms with Crippen LogP contribution in [0.25, 0.3) is 0 Å². The number of carbonyl (C=O) groups is 1. The molecule has 0 aliphatic heterocycles. The summed E-state index contributed by atoms with van der Waals surface area (Å²) < 4.78 is 0. The van der Waals surface area contributed by atoms with Crippen molar-refractivity contribution in [1.82, 2.24) is 0 Å². The molecular formula is C16H16O4. The lowest BCUT2D eigenvalue weighted by Crippen LogP contribution is -2.06. The SMILES string of the molecule is O=C(O)c1ccc(O)c([C@H](CCO)c2ccccc2)c1. The van der Waals surface area contributed by atoms with Gasteiger partial charge in [0.05, 0.1) is 5.56 Å². The molecule has 0 aromatic heterocycles. The Morgan fingerprint density at radius 1 is 1.10 bits per heavy atom. The van der Waals surface area contributed by atoms with Crippen LogP contribution in [0, 0.1) is 0 Å². The topological polar surface area (TPSA) is 77.8 Å². The Labute approximate surface area is 116 Å². The fourth-order valence-electron chi connectivity index (χ4n) is 2.28. The highest BCUT2D eigenvalue weighted by molar-refractivity contribution is 5.88. The zero-order valence-corrected chi connectivity index (χ0v) is 10.9. The number of phenols is 1. The quantitative estimate of drug-likeness (QED) is 0.781. The molecule has 0 saturated carbocycles. The Morgan fingerprint density at radius 2 is 1.80 bits per heavy atom. The van der Waals surface area contributed by atoms with Crippen LogP contribution in [0.2, 0.25) is 0 Å². The molecule has 2 aromatic rings. The highest BCUT2D eigenvalue weighted by Gasteiger charge is 2.19. The molecule has 0 amide bonds. The van der Waals surface area contributed by atoms with Gasteiger partial charge in [0.25, 0.3) is 0 Å². The normalized spacial score (nSPS) is 12.1. The average molecular weight is 272 g/mol. The van der Waals surface area contributed by atoms with Crippen molar-refractivity contribution in [3.8, 4) is 5.75 Å². The Morgan fingerprint density at radius 3 is 2.40 bits per heavy atom. The van der Waals surface area contributed by atoms with Gasteiger partial charge in [-0.1, -0.05) is 30.3 Å². The number of aliphatic hydroxyl groups is 1. The Hall–Kier alpha value is -2.33. The molecule has 2 rings (SSSR count). The van der Waals surface area contributed by atoms with E-state index >= 15 is 0 Å². The number of aromatic carboxylic acids is 1. The number of carboxylic acid groups (broad SMARTS) is 1. The van der Waals surface area contributed by atoms with Gasteiger partial charge < -0.3 is 15.3 Å². The first-order valence-corrected chi connectivity index (χ1v) is 6.35. The molecule has 0 fully saturated rings. The van der Waals surface area contributed by atoms with Crippen molar-refractivity contribution in [3.63, 3.8) is 0 Å². The molecule has 0 unspecified atom stereocenters. The summed E-state index contributed by atoms with van der Waals surface area (Å²) in [5.41, 5.74) is 1.57. The minimum Gasteiger partial charge on any atom is -0.508 e. The van der Waals surface area contributed by atoms with Crippen LogP contribution in [0.4, 0.5) is 0 Å². The summed E-state index contributed by atoms with van der Waals surface area (Å²) in [7, 11) is 0. The molecule has 4 nitrogen and oxygen atoms in total. The third-order valence-electron chi connectivity index (χ3n) is 3.27. The molecule has 0 aliphatic rings. The molecule has 20 heavy (non-hydrogen) atoms. The van der Waals surface area contributed by atoms with E-state index in [0.717, 1.165) is 5.56 Å². The molecule has 3 N–H and O–H groups in total. The van der Waals surface area contributed by atoms with Crippen LogP contribution in [0.15, 0.2) is 48.5 Å². The van der Waals surface area contributed by atoms with Gasteiger partial charge in [-0.25, -0.2) is 4.79 Å². The molecule has 0 bridgehead atoms. The minimum absolute atomic E-state index is 0.0392. The second kappa shape index (κ2) is 6.21. The predicted molar refractivity (Wildman–Crippen MR) is 75.1 cm³/mol. The first kappa shape index (κ1) is 14.1. The zero-order valence-electron chi connectivity index (χ0n) is 10.9. The van der Waals surface area contributed by atoms with Gasteiger partial charge in [0.15, 0.2) is 0 Å². The molecule has 0 spiro atoms. The molecule has 4 heteroatoms. The van der Waals surface area contributed by atoms with E-state index in [1.54, 1.807) is 0 Å². The van der Waals surface area contributed by atoms with Gasteiger partial charge in [-0.2, -0.15) is 0 Å². The van der Waals surface area contributed by atoms with E-state index in [2.05, 4.69) is 0 Å². The van der Waals surface area contributed by atoms with Crippen molar-refractivity contribution in [3.05, 3.63) is 65.2 Å². The zero-order chi connectivity index (χ0) is 14.5. The van der Waals surface area contributed by atoms with E-state index in [4.69, 9.17) is 5.11 Å². The van der Waals surface area contributed by atoms with Crippen molar-refractivity contribution in [1.29, 1.82) is 0 Å². The summed E-state index contributed by atoms with van der Waals surface area (Å²) in [6.45, 7) is -0.0453. The first-order valence-electron chi connectivity index (χ1n) is 6.35. The molecule has 0 radical (unpaired) electrons. The summed E-state index contributed by atoms with van der Waals surface area (Å²) in [5.74, 6) is -1.24. The van der Waals surface area contributed by atoms with Crippen molar-refractivity contribution in [2.45, 2.75) is 12.3 Å². The second-order valence-electron chi connectivity index (χ2n) is 4.55. The third-order valence-corrected chi connectivity index (χ3v) is 3.27. The van der Waals surface area contributed by atoms with E-state index < -0.39 is 5.97 Å². The lowest BCUT2D eigenvalue weighted by atomic mass is 9.87. The molecular weight excluding hydrogens is 256 g/mol. The largest absolute Gasteiger partial charge is 0.508 e. The highest BCUT2D eigenvalue weighted by atomic mass is 16.4. The van der Waals surface area contributed by atoms with E-state index in [1.165, 1.54) is 18.2 Å². The number of hydrogen-bond donors (Lipinski definition) is 3. The van der Waals surface area contributed by atoms with Crippen LogP contribution in [0.5, 0.6) is 5.75 Å². The summed E-state index contributed by atoms with van der Waals surface area (Å²) in [6, 6.07) is 13.6. The van der Waals surface area contributed by atoms with Gasteiger partial charge in [0, 0.05) is 18.1 Å². The predicted octanol–water partition coefficient (Wildman–Crippen LogP) is 2.60. The molecule has 104 valence electrons. The Balaban J connectivity index is 2.49. The molecule has 1 atom stereocenters. The fraction of sp³-hybridized carbons (Fsp3) is 0.188. The van der Waals surface area contributed by atoms with Crippen LogP contribution in [0.3, 0.4) is 0 Å². The molecule has 0 saturated heterocycles. The minimum atomic E-state index is -1.04. The second-order valence-corrected chi connectivity index (χ2v) is 4.55. The van der Waals surface area contributed by atoms with Crippen LogP contribution < -0.4 is 0 Å². The van der Waals surface area contributed by atoms with E-state index in [1.807, 2.05) is 30.3 Å². The van der Waals surface area contributed by atoms with Gasteiger partial charge >= 0.3 is 5.97 Å². The van der Waals surface area contributed by atoms with E-state index in [-0.39, 0.29) is 23.8 Å². The molecule has 0 aliphatic carbocycles. The smallest absolute Gasteiger partial charge is 0.335 e. The molecule has 2 aromatic carbocycles. The van der Waals surface area contributed by atoms with Crippen molar-refractivity contribution >= 4 is 5.97 Å². The van der Waals surface area contributed by atoms with Crippen LogP contribution >= 0.6 is 0 Å². The van der Waals surface area contributed by atoms with Gasteiger partial charge in [0.1, 0.15) is 5.75 Å². The number of rotatable bonds is 5. The van der Waals surface area contributed by atoms with Crippen LogP contribution in [-0.4, -0.2) is 27.9 Å². The summed E-state index contributed by atoms with van der Waals surface area (Å²) in [4.78, 5) is 11.1. The Kier molecular flexibility index (Phi) is 4.38.